The highest BCUT2D eigenvalue weighted by Gasteiger charge is 2.02. The maximum atomic E-state index is 7.68. The van der Waals surface area contributed by atoms with Gasteiger partial charge in [-0.2, -0.15) is 0 Å². The van der Waals surface area contributed by atoms with E-state index < -0.39 is 8.38 Å². The molecule has 18 heavy (non-hydrogen) atoms. The lowest BCUT2D eigenvalue weighted by atomic mass is 10.1. The van der Waals surface area contributed by atoms with E-state index in [-0.39, 0.29) is 0 Å². The summed E-state index contributed by atoms with van der Waals surface area (Å²) in [6, 6.07) is 18.3. The van der Waals surface area contributed by atoms with Crippen LogP contribution in [-0.2, 0) is 0 Å². The average molecular weight is 264 g/mol. The van der Waals surface area contributed by atoms with Gasteiger partial charge in [0.15, 0.2) is 8.38 Å². The summed E-state index contributed by atoms with van der Waals surface area (Å²) in [6.45, 7) is 1.34. The average Bonchev–Trinajstić information content (AvgIpc) is 2.39. The Hall–Kier alpha value is -1.41. The van der Waals surface area contributed by atoms with Crippen LogP contribution in [0.3, 0.4) is 0 Å². The molecule has 0 aliphatic rings. The fourth-order valence-electron chi connectivity index (χ4n) is 1.50. The quantitative estimate of drug-likeness (QED) is 0.818. The normalized spacial score (nSPS) is 9.61. The summed E-state index contributed by atoms with van der Waals surface area (Å²) in [6.07, 6.45) is 0. The summed E-state index contributed by atoms with van der Waals surface area (Å²) in [5, 5.41) is 0. The molecule has 2 aromatic rings. The SMILES string of the molecule is COc1ccccc1-c1ccccc1.CP(O)O. The molecule has 0 bridgehead atoms. The second-order valence-electron chi connectivity index (χ2n) is 3.56. The van der Waals surface area contributed by atoms with Gasteiger partial charge in [-0.3, -0.25) is 0 Å². The summed E-state index contributed by atoms with van der Waals surface area (Å²) in [5.74, 6) is 0.915. The Kier molecular flexibility index (Phi) is 6.37. The topological polar surface area (TPSA) is 49.7 Å². The molecular formula is C14H17O3P. The molecule has 2 rings (SSSR count). The number of methoxy groups -OCH3 is 1. The van der Waals surface area contributed by atoms with Crippen LogP contribution in [0.15, 0.2) is 54.6 Å². The summed E-state index contributed by atoms with van der Waals surface area (Å²) < 4.78 is 5.30. The van der Waals surface area contributed by atoms with Crippen molar-refractivity contribution in [1.29, 1.82) is 0 Å². The zero-order chi connectivity index (χ0) is 13.4. The van der Waals surface area contributed by atoms with Gasteiger partial charge >= 0.3 is 0 Å². The molecule has 2 N–H and O–H groups in total. The van der Waals surface area contributed by atoms with Crippen molar-refractivity contribution in [3.63, 3.8) is 0 Å². The molecule has 0 saturated heterocycles. The molecule has 0 aliphatic carbocycles. The summed E-state index contributed by atoms with van der Waals surface area (Å²) in [7, 11) is 0.0758. The van der Waals surface area contributed by atoms with Gasteiger partial charge in [-0.25, -0.2) is 0 Å². The number of rotatable bonds is 2. The van der Waals surface area contributed by atoms with Crippen LogP contribution in [0.4, 0.5) is 0 Å². The van der Waals surface area contributed by atoms with Crippen LogP contribution in [0.5, 0.6) is 5.75 Å². The Labute approximate surface area is 109 Å². The lowest BCUT2D eigenvalue weighted by Crippen LogP contribution is -1.86. The highest BCUT2D eigenvalue weighted by Crippen LogP contribution is 2.28. The van der Waals surface area contributed by atoms with Crippen LogP contribution in [0.2, 0.25) is 0 Å². The minimum Gasteiger partial charge on any atom is -0.496 e. The minimum absolute atomic E-state index is 0.915. The lowest BCUT2D eigenvalue weighted by molar-refractivity contribution is 0.416. The Morgan fingerprint density at radius 1 is 0.889 bits per heavy atom. The first-order chi connectivity index (χ1) is 8.65. The van der Waals surface area contributed by atoms with Crippen LogP contribution < -0.4 is 4.74 Å². The Morgan fingerprint density at radius 2 is 1.39 bits per heavy atom. The molecule has 0 fully saturated rings. The predicted octanol–water partition coefficient (Wildman–Crippen LogP) is 3.27. The highest BCUT2D eigenvalue weighted by molar-refractivity contribution is 7.44. The van der Waals surface area contributed by atoms with Crippen LogP contribution in [0.1, 0.15) is 0 Å². The van der Waals surface area contributed by atoms with Crippen LogP contribution in [0.25, 0.3) is 11.1 Å². The molecule has 4 heteroatoms. The van der Waals surface area contributed by atoms with E-state index >= 15 is 0 Å². The third kappa shape index (κ3) is 4.84. The molecule has 0 amide bonds. The van der Waals surface area contributed by atoms with E-state index in [0.29, 0.717) is 0 Å². The van der Waals surface area contributed by atoms with Crippen molar-refractivity contribution in [2.75, 3.05) is 13.8 Å². The lowest BCUT2D eigenvalue weighted by Gasteiger charge is -2.07. The van der Waals surface area contributed by atoms with E-state index in [1.54, 1.807) is 7.11 Å². The van der Waals surface area contributed by atoms with Gasteiger partial charge in [0.05, 0.1) is 7.11 Å². The molecule has 0 saturated carbocycles. The Balaban J connectivity index is 0.000000357. The maximum absolute atomic E-state index is 7.68. The van der Waals surface area contributed by atoms with Gasteiger partial charge < -0.3 is 14.5 Å². The van der Waals surface area contributed by atoms with Gasteiger partial charge in [0.25, 0.3) is 0 Å². The largest absolute Gasteiger partial charge is 0.496 e. The van der Waals surface area contributed by atoms with Gasteiger partial charge in [-0.1, -0.05) is 48.5 Å². The molecule has 3 nitrogen and oxygen atoms in total. The number of para-hydroxylation sites is 1. The van der Waals surface area contributed by atoms with Gasteiger partial charge in [-0.15, -0.1) is 0 Å². The first kappa shape index (κ1) is 14.7. The van der Waals surface area contributed by atoms with Crippen molar-refractivity contribution >= 4 is 8.38 Å². The van der Waals surface area contributed by atoms with E-state index in [2.05, 4.69) is 18.2 Å². The number of benzene rings is 2. The summed E-state index contributed by atoms with van der Waals surface area (Å²) in [4.78, 5) is 15.4. The molecular weight excluding hydrogens is 247 g/mol. The maximum Gasteiger partial charge on any atom is 0.161 e. The molecule has 0 spiro atoms. The monoisotopic (exact) mass is 264 g/mol. The highest BCUT2D eigenvalue weighted by atomic mass is 31.2. The molecule has 96 valence electrons. The fraction of sp³-hybridized carbons (Fsp3) is 0.143. The number of hydrogen-bond acceptors (Lipinski definition) is 3. The molecule has 0 heterocycles. The molecule has 0 unspecified atom stereocenters. The predicted molar refractivity (Wildman–Crippen MR) is 75.7 cm³/mol. The first-order valence-electron chi connectivity index (χ1n) is 5.45. The molecule has 0 aliphatic heterocycles. The van der Waals surface area contributed by atoms with Gasteiger partial charge in [-0.05, 0) is 11.6 Å². The minimum atomic E-state index is -1.62. The first-order valence-corrected chi connectivity index (χ1v) is 7.14. The third-order valence-corrected chi connectivity index (χ3v) is 2.19. The Morgan fingerprint density at radius 3 is 1.94 bits per heavy atom. The molecule has 0 radical (unpaired) electrons. The zero-order valence-electron chi connectivity index (χ0n) is 10.4. The van der Waals surface area contributed by atoms with Crippen molar-refractivity contribution in [3.8, 4) is 16.9 Å². The van der Waals surface area contributed by atoms with E-state index in [9.17, 15) is 0 Å². The van der Waals surface area contributed by atoms with Gasteiger partial charge in [0.1, 0.15) is 5.75 Å². The van der Waals surface area contributed by atoms with Crippen molar-refractivity contribution in [2.24, 2.45) is 0 Å². The molecule has 0 aromatic heterocycles. The van der Waals surface area contributed by atoms with Crippen molar-refractivity contribution in [1.82, 2.24) is 0 Å². The van der Waals surface area contributed by atoms with E-state index in [1.165, 1.54) is 12.2 Å². The number of hydrogen-bond donors (Lipinski definition) is 2. The second kappa shape index (κ2) is 7.83. The van der Waals surface area contributed by atoms with Crippen molar-refractivity contribution < 1.29 is 14.5 Å². The van der Waals surface area contributed by atoms with Crippen LogP contribution in [-0.4, -0.2) is 23.6 Å². The van der Waals surface area contributed by atoms with Crippen molar-refractivity contribution in [2.45, 2.75) is 0 Å². The van der Waals surface area contributed by atoms with E-state index in [1.807, 2.05) is 36.4 Å². The third-order valence-electron chi connectivity index (χ3n) is 2.19. The van der Waals surface area contributed by atoms with Gasteiger partial charge in [0, 0.05) is 12.2 Å². The molecule has 0 atom stereocenters. The smallest absolute Gasteiger partial charge is 0.161 e. The number of ether oxygens (including phenoxy) is 1. The zero-order valence-corrected chi connectivity index (χ0v) is 11.3. The van der Waals surface area contributed by atoms with Crippen LogP contribution >= 0.6 is 8.38 Å². The second-order valence-corrected chi connectivity index (χ2v) is 4.53. The fourth-order valence-corrected chi connectivity index (χ4v) is 1.50. The van der Waals surface area contributed by atoms with Crippen molar-refractivity contribution in [3.05, 3.63) is 54.6 Å². The summed E-state index contributed by atoms with van der Waals surface area (Å²) >= 11 is 0. The van der Waals surface area contributed by atoms with E-state index in [4.69, 9.17) is 14.5 Å². The molecule has 2 aromatic carbocycles. The van der Waals surface area contributed by atoms with Gasteiger partial charge in [0.2, 0.25) is 0 Å². The summed E-state index contributed by atoms with van der Waals surface area (Å²) in [5.41, 5.74) is 2.32. The van der Waals surface area contributed by atoms with Crippen LogP contribution in [0, 0.1) is 0 Å². The van der Waals surface area contributed by atoms with E-state index in [0.717, 1.165) is 11.3 Å². The standard InChI is InChI=1S/C13H12O.CH5O2P/c1-14-13-10-6-5-9-12(13)11-7-3-2-4-8-11;1-4(2)3/h2-10H,1H3;2-3H,1H3. The Bertz CT molecular complexity index is 455.